The number of halogens is 1. The molecule has 0 aliphatic carbocycles. The molecule has 0 saturated carbocycles. The highest BCUT2D eigenvalue weighted by molar-refractivity contribution is 5.93. The summed E-state index contributed by atoms with van der Waals surface area (Å²) >= 11 is 0. The van der Waals surface area contributed by atoms with Gasteiger partial charge in [0.15, 0.2) is 0 Å². The zero-order valence-electron chi connectivity index (χ0n) is 10.9. The van der Waals surface area contributed by atoms with Crippen molar-refractivity contribution in [3.05, 3.63) is 29.8 Å². The van der Waals surface area contributed by atoms with E-state index in [2.05, 4.69) is 10.3 Å². The van der Waals surface area contributed by atoms with Crippen LogP contribution < -0.4 is 5.32 Å². The van der Waals surface area contributed by atoms with Gasteiger partial charge in [0.25, 0.3) is 5.91 Å². The number of aromatic nitrogens is 1. The second-order valence-corrected chi connectivity index (χ2v) is 4.96. The van der Waals surface area contributed by atoms with E-state index in [-0.39, 0.29) is 17.5 Å². The summed E-state index contributed by atoms with van der Waals surface area (Å²) in [5.41, 5.74) is -0.515. The summed E-state index contributed by atoms with van der Waals surface area (Å²) < 4.78 is 13.0. The van der Waals surface area contributed by atoms with E-state index in [1.165, 1.54) is 23.1 Å². The third-order valence-electron chi connectivity index (χ3n) is 3.47. The Morgan fingerprint density at radius 3 is 2.84 bits per heavy atom. The highest BCUT2D eigenvalue weighted by atomic mass is 19.1. The zero-order chi connectivity index (χ0) is 14.0. The summed E-state index contributed by atoms with van der Waals surface area (Å²) in [7, 11) is 1.58. The van der Waals surface area contributed by atoms with Crippen LogP contribution >= 0.6 is 0 Å². The van der Waals surface area contributed by atoms with E-state index in [4.69, 9.17) is 0 Å². The summed E-state index contributed by atoms with van der Waals surface area (Å²) in [4.78, 5) is 29.0. The SMILES string of the molecule is CNC(=O)C1(C)CCN(C(=O)c2cccc(F)n2)C1. The molecular weight excluding hydrogens is 249 g/mol. The number of carbonyl (C=O) groups excluding carboxylic acids is 2. The maximum Gasteiger partial charge on any atom is 0.272 e. The molecule has 1 saturated heterocycles. The smallest absolute Gasteiger partial charge is 0.272 e. The molecule has 0 radical (unpaired) electrons. The van der Waals surface area contributed by atoms with Crippen molar-refractivity contribution in [3.63, 3.8) is 0 Å². The van der Waals surface area contributed by atoms with E-state index < -0.39 is 11.4 Å². The minimum atomic E-state index is -0.681. The lowest BCUT2D eigenvalue weighted by Crippen LogP contribution is -2.40. The van der Waals surface area contributed by atoms with Crippen LogP contribution in [0.3, 0.4) is 0 Å². The molecule has 0 aromatic carbocycles. The normalized spacial score (nSPS) is 22.4. The number of amides is 2. The summed E-state index contributed by atoms with van der Waals surface area (Å²) in [5.74, 6) is -1.11. The molecule has 2 rings (SSSR count). The maximum atomic E-state index is 13.0. The quantitative estimate of drug-likeness (QED) is 0.805. The van der Waals surface area contributed by atoms with Crippen molar-refractivity contribution in [2.75, 3.05) is 20.1 Å². The van der Waals surface area contributed by atoms with Crippen LogP contribution in [-0.2, 0) is 4.79 Å². The number of nitrogens with one attached hydrogen (secondary N) is 1. The van der Waals surface area contributed by atoms with Crippen molar-refractivity contribution in [2.24, 2.45) is 5.41 Å². The number of carbonyl (C=O) groups is 2. The van der Waals surface area contributed by atoms with Gasteiger partial charge in [-0.15, -0.1) is 0 Å². The summed E-state index contributed by atoms with van der Waals surface area (Å²) in [6, 6.07) is 4.11. The molecule has 1 unspecified atom stereocenters. The zero-order valence-corrected chi connectivity index (χ0v) is 10.9. The largest absolute Gasteiger partial charge is 0.359 e. The Labute approximate surface area is 110 Å². The average molecular weight is 265 g/mol. The third kappa shape index (κ3) is 2.57. The highest BCUT2D eigenvalue weighted by Gasteiger charge is 2.41. The van der Waals surface area contributed by atoms with Crippen molar-refractivity contribution in [1.82, 2.24) is 15.2 Å². The molecule has 0 spiro atoms. The second kappa shape index (κ2) is 4.95. The van der Waals surface area contributed by atoms with Gasteiger partial charge in [-0.25, -0.2) is 4.98 Å². The van der Waals surface area contributed by atoms with Crippen molar-refractivity contribution in [2.45, 2.75) is 13.3 Å². The number of hydrogen-bond acceptors (Lipinski definition) is 3. The first-order valence-corrected chi connectivity index (χ1v) is 6.10. The minimum Gasteiger partial charge on any atom is -0.359 e. The Hall–Kier alpha value is -1.98. The second-order valence-electron chi connectivity index (χ2n) is 4.96. The van der Waals surface area contributed by atoms with Crippen LogP contribution in [0.5, 0.6) is 0 Å². The Kier molecular flexibility index (Phi) is 3.50. The molecule has 1 fully saturated rings. The molecule has 2 heterocycles. The van der Waals surface area contributed by atoms with Crippen molar-refractivity contribution >= 4 is 11.8 Å². The van der Waals surface area contributed by atoms with Gasteiger partial charge in [0, 0.05) is 20.1 Å². The Bertz CT molecular complexity index is 520. The molecular formula is C13H16FN3O2. The molecule has 1 aromatic rings. The Morgan fingerprint density at radius 2 is 2.21 bits per heavy atom. The van der Waals surface area contributed by atoms with Gasteiger partial charge in [-0.2, -0.15) is 4.39 Å². The van der Waals surface area contributed by atoms with E-state index in [0.29, 0.717) is 19.5 Å². The fourth-order valence-electron chi connectivity index (χ4n) is 2.31. The van der Waals surface area contributed by atoms with Gasteiger partial charge in [-0.05, 0) is 25.5 Å². The summed E-state index contributed by atoms with van der Waals surface area (Å²) in [6.45, 7) is 2.61. The van der Waals surface area contributed by atoms with Crippen LogP contribution in [0.25, 0.3) is 0 Å². The van der Waals surface area contributed by atoms with Crippen LogP contribution in [0.2, 0.25) is 0 Å². The van der Waals surface area contributed by atoms with Gasteiger partial charge >= 0.3 is 0 Å². The minimum absolute atomic E-state index is 0.0705. The molecule has 19 heavy (non-hydrogen) atoms. The Morgan fingerprint density at radius 1 is 1.47 bits per heavy atom. The fraction of sp³-hybridized carbons (Fsp3) is 0.462. The lowest BCUT2D eigenvalue weighted by molar-refractivity contribution is -0.128. The molecule has 1 aliphatic heterocycles. The lowest BCUT2D eigenvalue weighted by atomic mass is 9.89. The van der Waals surface area contributed by atoms with Crippen LogP contribution in [0.1, 0.15) is 23.8 Å². The number of pyridine rings is 1. The lowest BCUT2D eigenvalue weighted by Gasteiger charge is -2.22. The number of nitrogens with zero attached hydrogens (tertiary/aromatic N) is 2. The van der Waals surface area contributed by atoms with Crippen LogP contribution in [0.15, 0.2) is 18.2 Å². The van der Waals surface area contributed by atoms with Crippen LogP contribution in [0.4, 0.5) is 4.39 Å². The molecule has 5 nitrogen and oxygen atoms in total. The molecule has 102 valence electrons. The van der Waals surface area contributed by atoms with Gasteiger partial charge in [-0.3, -0.25) is 9.59 Å². The molecule has 1 atom stereocenters. The van der Waals surface area contributed by atoms with E-state index >= 15 is 0 Å². The highest BCUT2D eigenvalue weighted by Crippen LogP contribution is 2.30. The number of hydrogen-bond donors (Lipinski definition) is 1. The first kappa shape index (κ1) is 13.5. The summed E-state index contributed by atoms with van der Waals surface area (Å²) in [6.07, 6.45) is 0.591. The summed E-state index contributed by atoms with van der Waals surface area (Å²) in [5, 5.41) is 2.60. The topological polar surface area (TPSA) is 62.3 Å². The predicted molar refractivity (Wildman–Crippen MR) is 66.9 cm³/mol. The first-order chi connectivity index (χ1) is 8.96. The van der Waals surface area contributed by atoms with E-state index in [9.17, 15) is 14.0 Å². The van der Waals surface area contributed by atoms with Crippen molar-refractivity contribution < 1.29 is 14.0 Å². The third-order valence-corrected chi connectivity index (χ3v) is 3.47. The van der Waals surface area contributed by atoms with E-state index in [1.807, 2.05) is 6.92 Å². The van der Waals surface area contributed by atoms with E-state index in [0.717, 1.165) is 0 Å². The van der Waals surface area contributed by atoms with Crippen LogP contribution in [-0.4, -0.2) is 41.8 Å². The fourth-order valence-corrected chi connectivity index (χ4v) is 2.31. The van der Waals surface area contributed by atoms with Gasteiger partial charge in [0.2, 0.25) is 11.9 Å². The van der Waals surface area contributed by atoms with Crippen molar-refractivity contribution in [1.29, 1.82) is 0 Å². The molecule has 0 bridgehead atoms. The molecule has 6 heteroatoms. The predicted octanol–water partition coefficient (Wildman–Crippen LogP) is 0.819. The number of likely N-dealkylation sites (tertiary alicyclic amines) is 1. The molecule has 1 aliphatic rings. The molecule has 1 aromatic heterocycles. The van der Waals surface area contributed by atoms with Gasteiger partial charge in [0.1, 0.15) is 5.69 Å². The number of rotatable bonds is 2. The van der Waals surface area contributed by atoms with Crippen LogP contribution in [0, 0.1) is 11.4 Å². The van der Waals surface area contributed by atoms with Crippen molar-refractivity contribution in [3.8, 4) is 0 Å². The standard InChI is InChI=1S/C13H16FN3O2/c1-13(12(19)15-2)6-7-17(8-13)11(18)9-4-3-5-10(14)16-9/h3-5H,6-8H2,1-2H3,(H,15,19). The molecule has 1 N–H and O–H groups in total. The molecule has 2 amide bonds. The van der Waals surface area contributed by atoms with Gasteiger partial charge < -0.3 is 10.2 Å². The monoisotopic (exact) mass is 265 g/mol. The maximum absolute atomic E-state index is 13.0. The van der Waals surface area contributed by atoms with E-state index in [1.54, 1.807) is 7.05 Å². The van der Waals surface area contributed by atoms with Gasteiger partial charge in [0.05, 0.1) is 5.41 Å². The first-order valence-electron chi connectivity index (χ1n) is 6.10. The Balaban J connectivity index is 2.13. The van der Waals surface area contributed by atoms with Gasteiger partial charge in [-0.1, -0.05) is 6.07 Å². The average Bonchev–Trinajstić information content (AvgIpc) is 2.81.